The van der Waals surface area contributed by atoms with Gasteiger partial charge in [-0.05, 0) is 26.3 Å². The van der Waals surface area contributed by atoms with Crippen LogP contribution in [0.15, 0.2) is 0 Å². The van der Waals surface area contributed by atoms with Gasteiger partial charge in [-0.15, -0.1) is 5.10 Å². The predicted octanol–water partition coefficient (Wildman–Crippen LogP) is 0.763. The molecule has 5 heteroatoms. The fourth-order valence-electron chi connectivity index (χ4n) is 2.08. The van der Waals surface area contributed by atoms with Crippen molar-refractivity contribution in [3.63, 3.8) is 0 Å². The number of anilines is 1. The number of aryl methyl sites for hydroxylation is 1. The highest BCUT2D eigenvalue weighted by atomic mass is 15.3. The second-order valence-corrected chi connectivity index (χ2v) is 4.52. The number of rotatable bonds is 1. The summed E-state index contributed by atoms with van der Waals surface area (Å²) in [5.74, 6) is 0.726. The molecule has 1 N–H and O–H groups in total. The molecule has 1 aliphatic heterocycles. The summed E-state index contributed by atoms with van der Waals surface area (Å²) in [4.78, 5) is 2.14. The van der Waals surface area contributed by atoms with Crippen molar-refractivity contribution in [3.05, 3.63) is 16.8 Å². The Kier molecular flexibility index (Phi) is 3.25. The molecule has 1 aromatic heterocycles. The SMILES string of the molecule is Cc1nnc(N2CCN[C@H](C)C2)c(C#N)c1C. The first-order valence-electron chi connectivity index (χ1n) is 5.85. The molecular formula is C12H17N5. The number of piperazine rings is 1. The van der Waals surface area contributed by atoms with E-state index < -0.39 is 0 Å². The number of nitriles is 1. The first-order chi connectivity index (χ1) is 8.13. The van der Waals surface area contributed by atoms with Gasteiger partial charge in [0.1, 0.15) is 11.6 Å². The molecule has 0 aliphatic carbocycles. The molecule has 1 fully saturated rings. The zero-order valence-electron chi connectivity index (χ0n) is 10.5. The second-order valence-electron chi connectivity index (χ2n) is 4.52. The quantitative estimate of drug-likeness (QED) is 0.773. The molecule has 0 unspecified atom stereocenters. The van der Waals surface area contributed by atoms with Crippen molar-refractivity contribution < 1.29 is 0 Å². The average molecular weight is 231 g/mol. The van der Waals surface area contributed by atoms with Gasteiger partial charge in [0.05, 0.1) is 5.69 Å². The topological polar surface area (TPSA) is 64.8 Å². The van der Waals surface area contributed by atoms with Gasteiger partial charge in [0.25, 0.3) is 0 Å². The lowest BCUT2D eigenvalue weighted by atomic mass is 10.1. The van der Waals surface area contributed by atoms with Crippen LogP contribution in [0.25, 0.3) is 0 Å². The minimum absolute atomic E-state index is 0.415. The van der Waals surface area contributed by atoms with Gasteiger partial charge in [0, 0.05) is 25.7 Å². The summed E-state index contributed by atoms with van der Waals surface area (Å²) in [6.45, 7) is 8.60. The number of nitrogens with zero attached hydrogens (tertiary/aromatic N) is 4. The Balaban J connectivity index is 2.38. The summed E-state index contributed by atoms with van der Waals surface area (Å²) in [5.41, 5.74) is 2.42. The highest BCUT2D eigenvalue weighted by Gasteiger charge is 2.21. The van der Waals surface area contributed by atoms with Crippen LogP contribution in [0.5, 0.6) is 0 Å². The zero-order chi connectivity index (χ0) is 12.4. The van der Waals surface area contributed by atoms with Crippen molar-refractivity contribution in [2.75, 3.05) is 24.5 Å². The smallest absolute Gasteiger partial charge is 0.169 e. The Morgan fingerprint density at radius 3 is 2.82 bits per heavy atom. The minimum Gasteiger partial charge on any atom is -0.351 e. The molecule has 1 aliphatic rings. The van der Waals surface area contributed by atoms with E-state index in [1.165, 1.54) is 0 Å². The molecule has 0 amide bonds. The molecule has 0 bridgehead atoms. The summed E-state index contributed by atoms with van der Waals surface area (Å²) < 4.78 is 0. The highest BCUT2D eigenvalue weighted by Crippen LogP contribution is 2.21. The third kappa shape index (κ3) is 2.22. The van der Waals surface area contributed by atoms with E-state index >= 15 is 0 Å². The minimum atomic E-state index is 0.415. The van der Waals surface area contributed by atoms with Crippen molar-refractivity contribution in [1.82, 2.24) is 15.5 Å². The molecule has 1 atom stereocenters. The Morgan fingerprint density at radius 1 is 1.41 bits per heavy atom. The van der Waals surface area contributed by atoms with Crippen molar-refractivity contribution >= 4 is 5.82 Å². The molecule has 0 spiro atoms. The Hall–Kier alpha value is -1.67. The van der Waals surface area contributed by atoms with Gasteiger partial charge in [0.15, 0.2) is 5.82 Å². The van der Waals surface area contributed by atoms with Crippen LogP contribution < -0.4 is 10.2 Å². The first kappa shape index (κ1) is 11.8. The monoisotopic (exact) mass is 231 g/mol. The van der Waals surface area contributed by atoms with Crippen LogP contribution in [0, 0.1) is 25.2 Å². The average Bonchev–Trinajstić information content (AvgIpc) is 2.32. The van der Waals surface area contributed by atoms with E-state index in [4.69, 9.17) is 0 Å². The number of hydrogen-bond donors (Lipinski definition) is 1. The van der Waals surface area contributed by atoms with Crippen molar-refractivity contribution in [2.24, 2.45) is 0 Å². The van der Waals surface area contributed by atoms with Crippen molar-refractivity contribution in [1.29, 1.82) is 5.26 Å². The Labute approximate surface area is 101 Å². The van der Waals surface area contributed by atoms with Gasteiger partial charge in [-0.2, -0.15) is 10.4 Å². The maximum Gasteiger partial charge on any atom is 0.169 e. The molecule has 2 heterocycles. The number of aromatic nitrogens is 2. The van der Waals surface area contributed by atoms with Gasteiger partial charge in [0.2, 0.25) is 0 Å². The molecule has 0 saturated carbocycles. The van der Waals surface area contributed by atoms with E-state index in [0.717, 1.165) is 36.7 Å². The van der Waals surface area contributed by atoms with Crippen LogP contribution in [-0.2, 0) is 0 Å². The van der Waals surface area contributed by atoms with Gasteiger partial charge in [-0.3, -0.25) is 0 Å². The lowest BCUT2D eigenvalue weighted by Crippen LogP contribution is -2.49. The lowest BCUT2D eigenvalue weighted by Gasteiger charge is -2.33. The summed E-state index contributed by atoms with van der Waals surface area (Å²) in [7, 11) is 0. The molecule has 5 nitrogen and oxygen atoms in total. The summed E-state index contributed by atoms with van der Waals surface area (Å²) >= 11 is 0. The molecule has 90 valence electrons. The first-order valence-corrected chi connectivity index (χ1v) is 5.85. The van der Waals surface area contributed by atoms with Crippen molar-refractivity contribution in [2.45, 2.75) is 26.8 Å². The summed E-state index contributed by atoms with van der Waals surface area (Å²) in [6.07, 6.45) is 0. The van der Waals surface area contributed by atoms with Crippen LogP contribution in [-0.4, -0.2) is 35.9 Å². The summed E-state index contributed by atoms with van der Waals surface area (Å²) in [5, 5.41) is 21.0. The van der Waals surface area contributed by atoms with Crippen LogP contribution in [0.1, 0.15) is 23.7 Å². The second kappa shape index (κ2) is 4.68. The molecule has 0 radical (unpaired) electrons. The van der Waals surface area contributed by atoms with Crippen LogP contribution in [0.3, 0.4) is 0 Å². The number of hydrogen-bond acceptors (Lipinski definition) is 5. The van der Waals surface area contributed by atoms with E-state index in [1.54, 1.807) is 0 Å². The van der Waals surface area contributed by atoms with Crippen LogP contribution in [0.2, 0.25) is 0 Å². The zero-order valence-corrected chi connectivity index (χ0v) is 10.5. The lowest BCUT2D eigenvalue weighted by molar-refractivity contribution is 0.481. The van der Waals surface area contributed by atoms with E-state index in [2.05, 4.69) is 33.4 Å². The normalized spacial score (nSPS) is 20.1. The van der Waals surface area contributed by atoms with E-state index in [1.807, 2.05) is 13.8 Å². The van der Waals surface area contributed by atoms with E-state index in [-0.39, 0.29) is 0 Å². The summed E-state index contributed by atoms with van der Waals surface area (Å²) in [6, 6.07) is 2.67. The highest BCUT2D eigenvalue weighted by molar-refractivity contribution is 5.57. The van der Waals surface area contributed by atoms with Crippen molar-refractivity contribution in [3.8, 4) is 6.07 Å². The molecule has 1 saturated heterocycles. The molecule has 2 rings (SSSR count). The fraction of sp³-hybridized carbons (Fsp3) is 0.583. The maximum atomic E-state index is 9.26. The van der Waals surface area contributed by atoms with E-state index in [9.17, 15) is 5.26 Å². The fourth-order valence-corrected chi connectivity index (χ4v) is 2.08. The standard InChI is InChI=1S/C12H17N5/c1-8-7-17(5-4-14-8)12-11(6-13)9(2)10(3)15-16-12/h8,14H,4-5,7H2,1-3H3/t8-/m1/s1. The van der Waals surface area contributed by atoms with Gasteiger partial charge in [-0.25, -0.2) is 0 Å². The van der Waals surface area contributed by atoms with Gasteiger partial charge in [-0.1, -0.05) is 0 Å². The predicted molar refractivity (Wildman–Crippen MR) is 65.9 cm³/mol. The third-order valence-corrected chi connectivity index (χ3v) is 3.22. The molecule has 1 aromatic rings. The Bertz CT molecular complexity index is 463. The maximum absolute atomic E-state index is 9.26. The van der Waals surface area contributed by atoms with E-state index in [0.29, 0.717) is 11.6 Å². The molecule has 17 heavy (non-hydrogen) atoms. The number of nitrogens with one attached hydrogen (secondary N) is 1. The van der Waals surface area contributed by atoms with Gasteiger partial charge < -0.3 is 10.2 Å². The van der Waals surface area contributed by atoms with Gasteiger partial charge >= 0.3 is 0 Å². The largest absolute Gasteiger partial charge is 0.351 e. The molecule has 0 aromatic carbocycles. The Morgan fingerprint density at radius 2 is 2.18 bits per heavy atom. The molecular weight excluding hydrogens is 214 g/mol. The third-order valence-electron chi connectivity index (χ3n) is 3.22. The van der Waals surface area contributed by atoms with Crippen LogP contribution >= 0.6 is 0 Å². The van der Waals surface area contributed by atoms with Crippen LogP contribution in [0.4, 0.5) is 5.82 Å².